The van der Waals surface area contributed by atoms with Gasteiger partial charge in [-0.25, -0.2) is 0 Å². The number of ether oxygens (including phenoxy) is 3. The average molecular weight is 382 g/mol. The van der Waals surface area contributed by atoms with E-state index in [9.17, 15) is 4.79 Å². The lowest BCUT2D eigenvalue weighted by molar-refractivity contribution is -0.111. The monoisotopic (exact) mass is 381 g/mol. The van der Waals surface area contributed by atoms with Crippen LogP contribution in [0.2, 0.25) is 10.0 Å². The molecule has 0 unspecified atom stereocenters. The van der Waals surface area contributed by atoms with Crippen LogP contribution in [0.1, 0.15) is 5.56 Å². The third-order valence-corrected chi connectivity index (χ3v) is 3.87. The van der Waals surface area contributed by atoms with E-state index in [-0.39, 0.29) is 5.91 Å². The number of amides is 1. The number of halogens is 2. The van der Waals surface area contributed by atoms with Crippen molar-refractivity contribution in [3.05, 3.63) is 52.0 Å². The number of anilines is 1. The predicted molar refractivity (Wildman–Crippen MR) is 100 cm³/mol. The van der Waals surface area contributed by atoms with Crippen molar-refractivity contribution in [1.82, 2.24) is 0 Å². The first-order chi connectivity index (χ1) is 12.0. The van der Waals surface area contributed by atoms with E-state index in [1.165, 1.54) is 27.4 Å². The zero-order valence-electron chi connectivity index (χ0n) is 13.9. The SMILES string of the molecule is COc1cc(C=CC(=O)Nc2cc(Cl)ccc2Cl)cc(OC)c1OC. The Labute approximate surface area is 156 Å². The topological polar surface area (TPSA) is 56.8 Å². The van der Waals surface area contributed by atoms with Crippen molar-refractivity contribution in [3.63, 3.8) is 0 Å². The molecule has 7 heteroatoms. The summed E-state index contributed by atoms with van der Waals surface area (Å²) in [5.41, 5.74) is 1.15. The second-order valence-corrected chi connectivity index (χ2v) is 5.75. The second kappa shape index (κ2) is 8.65. The van der Waals surface area contributed by atoms with Gasteiger partial charge < -0.3 is 19.5 Å². The van der Waals surface area contributed by atoms with E-state index < -0.39 is 0 Å². The Morgan fingerprint density at radius 3 is 2.20 bits per heavy atom. The highest BCUT2D eigenvalue weighted by molar-refractivity contribution is 6.35. The fourth-order valence-electron chi connectivity index (χ4n) is 2.14. The molecule has 1 amide bonds. The minimum Gasteiger partial charge on any atom is -0.493 e. The summed E-state index contributed by atoms with van der Waals surface area (Å²) in [6.45, 7) is 0. The van der Waals surface area contributed by atoms with Crippen LogP contribution in [-0.4, -0.2) is 27.2 Å². The van der Waals surface area contributed by atoms with Crippen LogP contribution in [0.3, 0.4) is 0 Å². The molecule has 25 heavy (non-hydrogen) atoms. The zero-order chi connectivity index (χ0) is 18.4. The van der Waals surface area contributed by atoms with E-state index in [0.717, 1.165) is 0 Å². The first kappa shape index (κ1) is 19.0. The first-order valence-electron chi connectivity index (χ1n) is 7.22. The summed E-state index contributed by atoms with van der Waals surface area (Å²) >= 11 is 11.9. The molecule has 0 heterocycles. The number of methoxy groups -OCH3 is 3. The van der Waals surface area contributed by atoms with Gasteiger partial charge in [0.05, 0.1) is 32.0 Å². The molecule has 0 radical (unpaired) electrons. The van der Waals surface area contributed by atoms with E-state index >= 15 is 0 Å². The summed E-state index contributed by atoms with van der Waals surface area (Å²) < 4.78 is 15.8. The van der Waals surface area contributed by atoms with Crippen LogP contribution in [0.5, 0.6) is 17.2 Å². The van der Waals surface area contributed by atoms with E-state index in [1.807, 2.05) is 0 Å². The van der Waals surface area contributed by atoms with Gasteiger partial charge in [-0.15, -0.1) is 0 Å². The van der Waals surface area contributed by atoms with Crippen molar-refractivity contribution in [2.75, 3.05) is 26.6 Å². The van der Waals surface area contributed by atoms with Crippen molar-refractivity contribution in [2.45, 2.75) is 0 Å². The highest BCUT2D eigenvalue weighted by atomic mass is 35.5. The second-order valence-electron chi connectivity index (χ2n) is 4.91. The zero-order valence-corrected chi connectivity index (χ0v) is 15.4. The lowest BCUT2D eigenvalue weighted by Gasteiger charge is -2.12. The minimum atomic E-state index is -0.349. The Hall–Kier alpha value is -2.37. The molecule has 132 valence electrons. The predicted octanol–water partition coefficient (Wildman–Crippen LogP) is 4.67. The lowest BCUT2D eigenvalue weighted by Crippen LogP contribution is -2.08. The number of benzene rings is 2. The molecule has 0 fully saturated rings. The summed E-state index contributed by atoms with van der Waals surface area (Å²) in [7, 11) is 4.58. The molecule has 0 saturated heterocycles. The van der Waals surface area contributed by atoms with Crippen molar-refractivity contribution in [2.24, 2.45) is 0 Å². The normalized spacial score (nSPS) is 10.6. The van der Waals surface area contributed by atoms with Gasteiger partial charge in [0.25, 0.3) is 0 Å². The standard InChI is InChI=1S/C18H17Cl2NO4/c1-23-15-8-11(9-16(24-2)18(15)25-3)4-7-17(22)21-14-10-12(19)5-6-13(14)20/h4-10H,1-3H3,(H,21,22). The molecule has 2 aromatic carbocycles. The van der Waals surface area contributed by atoms with Crippen molar-refractivity contribution in [1.29, 1.82) is 0 Å². The van der Waals surface area contributed by atoms with Crippen LogP contribution in [0.15, 0.2) is 36.4 Å². The Morgan fingerprint density at radius 2 is 1.64 bits per heavy atom. The Morgan fingerprint density at radius 1 is 1.00 bits per heavy atom. The first-order valence-corrected chi connectivity index (χ1v) is 7.98. The molecule has 0 spiro atoms. The van der Waals surface area contributed by atoms with Crippen molar-refractivity contribution < 1.29 is 19.0 Å². The third-order valence-electron chi connectivity index (χ3n) is 3.30. The van der Waals surface area contributed by atoms with Crippen LogP contribution >= 0.6 is 23.2 Å². The molecule has 2 aromatic rings. The van der Waals surface area contributed by atoms with Gasteiger partial charge in [0.15, 0.2) is 11.5 Å². The quantitative estimate of drug-likeness (QED) is 0.738. The Bertz CT molecular complexity index is 781. The van der Waals surface area contributed by atoms with Crippen LogP contribution in [0.25, 0.3) is 6.08 Å². The van der Waals surface area contributed by atoms with Gasteiger partial charge in [0, 0.05) is 11.1 Å². The number of hydrogen-bond donors (Lipinski definition) is 1. The molecular weight excluding hydrogens is 365 g/mol. The fraction of sp³-hybridized carbons (Fsp3) is 0.167. The number of carbonyl (C=O) groups is 1. The number of nitrogens with one attached hydrogen (secondary N) is 1. The van der Waals surface area contributed by atoms with Gasteiger partial charge in [0.1, 0.15) is 0 Å². The summed E-state index contributed by atoms with van der Waals surface area (Å²) in [5.74, 6) is 1.13. The fourth-order valence-corrected chi connectivity index (χ4v) is 2.47. The smallest absolute Gasteiger partial charge is 0.248 e. The summed E-state index contributed by atoms with van der Waals surface area (Å²) in [6.07, 6.45) is 3.00. The highest BCUT2D eigenvalue weighted by Gasteiger charge is 2.12. The maximum Gasteiger partial charge on any atom is 0.248 e. The maximum atomic E-state index is 12.1. The van der Waals surface area contributed by atoms with Gasteiger partial charge in [-0.2, -0.15) is 0 Å². The number of hydrogen-bond acceptors (Lipinski definition) is 4. The molecule has 0 aromatic heterocycles. The highest BCUT2D eigenvalue weighted by Crippen LogP contribution is 2.38. The lowest BCUT2D eigenvalue weighted by atomic mass is 10.1. The van der Waals surface area contributed by atoms with E-state index in [4.69, 9.17) is 37.4 Å². The average Bonchev–Trinajstić information content (AvgIpc) is 2.61. The third kappa shape index (κ3) is 4.81. The summed E-state index contributed by atoms with van der Waals surface area (Å²) in [5, 5.41) is 3.55. The number of carbonyl (C=O) groups excluding carboxylic acids is 1. The van der Waals surface area contributed by atoms with Crippen LogP contribution in [0.4, 0.5) is 5.69 Å². The van der Waals surface area contributed by atoms with Gasteiger partial charge in [-0.05, 0) is 42.0 Å². The number of rotatable bonds is 6. The molecule has 0 bridgehead atoms. The van der Waals surface area contributed by atoms with Crippen LogP contribution in [-0.2, 0) is 4.79 Å². The molecule has 0 saturated carbocycles. The van der Waals surface area contributed by atoms with Gasteiger partial charge in [0.2, 0.25) is 11.7 Å². The van der Waals surface area contributed by atoms with E-state index in [2.05, 4.69) is 5.32 Å². The van der Waals surface area contributed by atoms with Crippen LogP contribution < -0.4 is 19.5 Å². The van der Waals surface area contributed by atoms with Crippen molar-refractivity contribution in [3.8, 4) is 17.2 Å². The van der Waals surface area contributed by atoms with E-state index in [0.29, 0.717) is 38.5 Å². The van der Waals surface area contributed by atoms with Crippen LogP contribution in [0, 0.1) is 0 Å². The van der Waals surface area contributed by atoms with Gasteiger partial charge >= 0.3 is 0 Å². The van der Waals surface area contributed by atoms with Gasteiger partial charge in [-0.1, -0.05) is 23.2 Å². The summed E-state index contributed by atoms with van der Waals surface area (Å²) in [6, 6.07) is 8.30. The van der Waals surface area contributed by atoms with E-state index in [1.54, 1.807) is 36.4 Å². The molecule has 2 rings (SSSR count). The molecule has 0 atom stereocenters. The largest absolute Gasteiger partial charge is 0.493 e. The Kier molecular flexibility index (Phi) is 6.56. The summed E-state index contributed by atoms with van der Waals surface area (Å²) in [4.78, 5) is 12.1. The molecule has 5 nitrogen and oxygen atoms in total. The van der Waals surface area contributed by atoms with Gasteiger partial charge in [-0.3, -0.25) is 4.79 Å². The van der Waals surface area contributed by atoms with Crippen molar-refractivity contribution >= 4 is 40.9 Å². The minimum absolute atomic E-state index is 0.349. The molecule has 0 aliphatic carbocycles. The molecule has 1 N–H and O–H groups in total. The Balaban J connectivity index is 2.20. The molecule has 0 aliphatic rings. The maximum absolute atomic E-state index is 12.1. The molecular formula is C18H17Cl2NO4. The molecule has 0 aliphatic heterocycles.